The Balaban J connectivity index is -0.00000000246. The molecule has 0 bridgehead atoms. The Labute approximate surface area is 125 Å². The highest BCUT2D eigenvalue weighted by Crippen LogP contribution is 1.68. The van der Waals surface area contributed by atoms with E-state index in [1.165, 1.54) is 6.82 Å². The van der Waals surface area contributed by atoms with Crippen LogP contribution in [0.4, 0.5) is 9.41 Å². The lowest BCUT2D eigenvalue weighted by atomic mass is 9.58. The van der Waals surface area contributed by atoms with E-state index in [-0.39, 0.29) is 61.4 Å². The Morgan fingerprint density at radius 2 is 0.611 bits per heavy atom. The molecule has 123 valence electrons. The Hall–Kier alpha value is 0.0548. The molecule has 0 aromatic heterocycles. The highest BCUT2D eigenvalue weighted by Gasteiger charge is 1.76. The molecule has 0 aromatic carbocycles. The summed E-state index contributed by atoms with van der Waals surface area (Å²) in [5.74, 6) is 0. The van der Waals surface area contributed by atoms with Crippen LogP contribution < -0.4 is 0 Å². The van der Waals surface area contributed by atoms with Crippen molar-refractivity contribution in [1.82, 2.24) is 0 Å². The number of rotatable bonds is 0. The lowest BCUT2D eigenvalue weighted by Crippen LogP contribution is -1.84. The molecule has 0 nitrogen and oxygen atoms in total. The highest BCUT2D eigenvalue weighted by atomic mass is 19.0. The van der Waals surface area contributed by atoms with Gasteiger partial charge in [0.2, 0.25) is 0 Å². The molecule has 0 fully saturated rings. The summed E-state index contributed by atoms with van der Waals surface area (Å²) in [6, 6.07) is 0. The summed E-state index contributed by atoms with van der Waals surface area (Å²) in [4.78, 5) is 0. The normalized spacial score (nSPS) is 2.56. The Bertz CT molecular complexity index is 31.4. The zero-order valence-corrected chi connectivity index (χ0v) is 8.55. The minimum Gasteiger partial charge on any atom is -0.269 e. The van der Waals surface area contributed by atoms with Crippen LogP contribution in [0.15, 0.2) is 0 Å². The van der Waals surface area contributed by atoms with E-state index in [0.717, 1.165) is 6.71 Å². The van der Waals surface area contributed by atoms with Crippen LogP contribution in [0, 0.1) is 0 Å². The van der Waals surface area contributed by atoms with Crippen LogP contribution in [0.1, 0.15) is 52.0 Å². The van der Waals surface area contributed by atoms with Crippen molar-refractivity contribution in [3.63, 3.8) is 0 Å². The fourth-order valence-electron chi connectivity index (χ4n) is 0. The Kier molecular flexibility index (Phi) is 2130. The van der Waals surface area contributed by atoms with E-state index < -0.39 is 0 Å². The maximum absolute atomic E-state index is 4.50. The number of hydrogen-bond donors (Lipinski definition) is 0. The summed E-state index contributed by atoms with van der Waals surface area (Å²) in [5, 5.41) is 0. The second-order valence-corrected chi connectivity index (χ2v) is 2.31. The fraction of sp³-hybridized carbons (Fsp3) is 1.00. The molecule has 0 saturated heterocycles. The topological polar surface area (TPSA) is 0 Å². The van der Waals surface area contributed by atoms with Gasteiger partial charge in [-0.2, -0.15) is 0 Å². The minimum atomic E-state index is 0. The van der Waals surface area contributed by atoms with Crippen LogP contribution >= 0.6 is 0 Å². The summed E-state index contributed by atoms with van der Waals surface area (Å²) in [6.07, 6.45) is 0. The van der Waals surface area contributed by atoms with E-state index in [4.69, 9.17) is 0 Å². The van der Waals surface area contributed by atoms with Gasteiger partial charge in [-0.05, 0) is 0 Å². The van der Waals surface area contributed by atoms with Gasteiger partial charge in [0.05, 0.1) is 7.85 Å². The van der Waals surface area contributed by atoms with Crippen LogP contribution in [0.25, 0.3) is 0 Å². The van der Waals surface area contributed by atoms with E-state index in [2.05, 4.69) is 28.3 Å². The first-order chi connectivity index (χ1) is 4.15. The van der Waals surface area contributed by atoms with Gasteiger partial charge in [0.15, 0.2) is 0 Å². The SMILES string of the molecule is C.C.C.C.C.C.C.CB(C)C.C[B]C.F.F.[B]C. The summed E-state index contributed by atoms with van der Waals surface area (Å²) in [7, 11) is 6.50. The molecule has 0 aliphatic rings. The van der Waals surface area contributed by atoms with Gasteiger partial charge in [-0.3, -0.25) is 9.41 Å². The first-order valence-corrected chi connectivity index (χ1v) is 3.46. The monoisotopic (exact) mass is 275 g/mol. The van der Waals surface area contributed by atoms with Gasteiger partial charge in [-0.1, -0.05) is 92.9 Å². The van der Waals surface area contributed by atoms with E-state index in [0.29, 0.717) is 0 Å². The summed E-state index contributed by atoms with van der Waals surface area (Å²) in [5.41, 5.74) is 0. The van der Waals surface area contributed by atoms with E-state index >= 15 is 0 Å². The second kappa shape index (κ2) is 267. The van der Waals surface area contributed by atoms with Gasteiger partial charge < -0.3 is 0 Å². The van der Waals surface area contributed by atoms with Crippen molar-refractivity contribution in [2.45, 2.75) is 92.9 Å². The van der Waals surface area contributed by atoms with Crippen LogP contribution in [0.5, 0.6) is 0 Å². The van der Waals surface area contributed by atoms with Gasteiger partial charge in [0.25, 0.3) is 0 Å². The molecule has 0 aromatic rings. The van der Waals surface area contributed by atoms with Crippen LogP contribution in [-0.2, 0) is 0 Å². The molecule has 0 spiro atoms. The third kappa shape index (κ3) is 1210000. The zero-order chi connectivity index (χ0) is 8.28. The van der Waals surface area contributed by atoms with E-state index in [1.807, 2.05) is 20.9 Å². The Morgan fingerprint density at radius 3 is 0.611 bits per heavy atom. The van der Waals surface area contributed by atoms with Crippen molar-refractivity contribution in [3.8, 4) is 0 Å². The van der Waals surface area contributed by atoms with Gasteiger partial charge >= 0.3 is 0 Å². The first kappa shape index (κ1) is 143. The smallest absolute Gasteiger partial charge is 0.130 e. The van der Waals surface area contributed by atoms with Gasteiger partial charge in [-0.15, -0.1) is 0 Å². The molecule has 0 saturated carbocycles. The fourth-order valence-corrected chi connectivity index (χ4v) is 0. The highest BCUT2D eigenvalue weighted by molar-refractivity contribution is 6.54. The molecule has 0 aliphatic carbocycles. The van der Waals surface area contributed by atoms with E-state index in [1.54, 1.807) is 0 Å². The molecular formula is C13H48B3F2. The van der Waals surface area contributed by atoms with Gasteiger partial charge in [0.1, 0.15) is 14.0 Å². The molecule has 5 heteroatoms. The van der Waals surface area contributed by atoms with E-state index in [9.17, 15) is 0 Å². The predicted octanol–water partition coefficient (Wildman–Crippen LogP) is 7.12. The molecular weight excluding hydrogens is 227 g/mol. The van der Waals surface area contributed by atoms with Crippen molar-refractivity contribution in [2.75, 3.05) is 0 Å². The summed E-state index contributed by atoms with van der Waals surface area (Å²) in [6.45, 7) is 12.8. The molecule has 0 heterocycles. The standard InChI is InChI=1S/C3H9B.C2H6B.CH3B.7CH4.2FH/c1-4(2)3;1-3-2;1-2;;;;;;;;;/h1-3H3;1-2H3;1H3;7*1H4;2*1H. The maximum Gasteiger partial charge on any atom is 0.130 e. The zero-order valence-electron chi connectivity index (χ0n) is 8.55. The van der Waals surface area contributed by atoms with Crippen LogP contribution in [0.2, 0.25) is 40.9 Å². The molecule has 0 amide bonds. The molecule has 0 N–H and O–H groups in total. The van der Waals surface area contributed by atoms with Crippen molar-refractivity contribution in [2.24, 2.45) is 0 Å². The van der Waals surface area contributed by atoms with Crippen molar-refractivity contribution < 1.29 is 9.41 Å². The third-order valence-electron chi connectivity index (χ3n) is 0. The molecule has 3 radical (unpaired) electrons. The predicted molar refractivity (Wildman–Crippen MR) is 105 cm³/mol. The lowest BCUT2D eigenvalue weighted by molar-refractivity contribution is 1.11. The molecule has 0 atom stereocenters. The first-order valence-electron chi connectivity index (χ1n) is 3.46. The largest absolute Gasteiger partial charge is 0.269 e. The second-order valence-electron chi connectivity index (χ2n) is 2.31. The Morgan fingerprint density at radius 1 is 0.611 bits per heavy atom. The lowest BCUT2D eigenvalue weighted by Gasteiger charge is -1.71. The molecule has 0 aliphatic heterocycles. The number of hydrogen-bond acceptors (Lipinski definition) is 0. The molecule has 0 unspecified atom stereocenters. The quantitative estimate of drug-likeness (QED) is 0.413. The van der Waals surface area contributed by atoms with Crippen molar-refractivity contribution >= 4 is 21.8 Å². The van der Waals surface area contributed by atoms with Crippen molar-refractivity contribution in [3.05, 3.63) is 0 Å². The minimum absolute atomic E-state index is 0. The third-order valence-corrected chi connectivity index (χ3v) is 0. The van der Waals surface area contributed by atoms with Crippen LogP contribution in [0.3, 0.4) is 0 Å². The average Bonchev–Trinajstić information content (AvgIpc) is 1.71. The van der Waals surface area contributed by atoms with Gasteiger partial charge in [0, 0.05) is 0 Å². The summed E-state index contributed by atoms with van der Waals surface area (Å²) < 4.78 is 0. The van der Waals surface area contributed by atoms with Crippen molar-refractivity contribution in [1.29, 1.82) is 0 Å². The molecule has 18 heavy (non-hydrogen) atoms. The molecule has 0 rings (SSSR count). The maximum atomic E-state index is 4.50. The average molecular weight is 275 g/mol. The van der Waals surface area contributed by atoms with Crippen LogP contribution in [-0.4, -0.2) is 21.8 Å². The van der Waals surface area contributed by atoms with Gasteiger partial charge in [-0.25, -0.2) is 0 Å². The summed E-state index contributed by atoms with van der Waals surface area (Å²) >= 11 is 0. The number of halogens is 2.